The second-order valence-corrected chi connectivity index (χ2v) is 7.74. The van der Waals surface area contributed by atoms with Crippen molar-refractivity contribution in [1.29, 1.82) is 0 Å². The lowest BCUT2D eigenvalue weighted by Crippen LogP contribution is -2.31. The summed E-state index contributed by atoms with van der Waals surface area (Å²) in [6.45, 7) is 0.799. The SMILES string of the molecule is CN(C(=O)C1CC1)c1ccccc1C(=O)NCc1ccccc1COc1ccccc1. The Morgan fingerprint density at radius 2 is 1.55 bits per heavy atom. The number of carbonyl (C=O) groups is 2. The number of carbonyl (C=O) groups excluding carboxylic acids is 2. The van der Waals surface area contributed by atoms with E-state index in [4.69, 9.17) is 4.74 Å². The normalized spacial score (nSPS) is 12.8. The molecule has 0 heterocycles. The standard InChI is InChI=1S/C26H26N2O3/c1-28(26(30)19-15-16-19)24-14-8-7-13-23(24)25(29)27-17-20-9-5-6-10-21(20)18-31-22-11-3-2-4-12-22/h2-14,19H,15-18H2,1H3,(H,27,29). The molecular formula is C26H26N2O3. The maximum Gasteiger partial charge on any atom is 0.253 e. The molecular weight excluding hydrogens is 388 g/mol. The van der Waals surface area contributed by atoms with Crippen molar-refractivity contribution in [2.75, 3.05) is 11.9 Å². The van der Waals surface area contributed by atoms with Gasteiger partial charge in [0, 0.05) is 19.5 Å². The third-order valence-electron chi connectivity index (χ3n) is 5.46. The smallest absolute Gasteiger partial charge is 0.253 e. The number of benzene rings is 3. The minimum absolute atomic E-state index is 0.0728. The molecule has 2 amide bonds. The highest BCUT2D eigenvalue weighted by Gasteiger charge is 2.33. The van der Waals surface area contributed by atoms with Crippen molar-refractivity contribution in [3.05, 3.63) is 95.6 Å². The molecule has 0 unspecified atom stereocenters. The van der Waals surface area contributed by atoms with Crippen LogP contribution in [0.25, 0.3) is 0 Å². The highest BCUT2D eigenvalue weighted by molar-refractivity contribution is 6.05. The van der Waals surface area contributed by atoms with E-state index in [2.05, 4.69) is 5.32 Å². The summed E-state index contributed by atoms with van der Waals surface area (Å²) >= 11 is 0. The Morgan fingerprint density at radius 3 is 2.29 bits per heavy atom. The van der Waals surface area contributed by atoms with Gasteiger partial charge in [0.1, 0.15) is 12.4 Å². The number of anilines is 1. The molecule has 158 valence electrons. The lowest BCUT2D eigenvalue weighted by Gasteiger charge is -2.20. The summed E-state index contributed by atoms with van der Waals surface area (Å²) in [6.07, 6.45) is 1.86. The Balaban J connectivity index is 1.43. The van der Waals surface area contributed by atoms with Gasteiger partial charge in [0.15, 0.2) is 0 Å². The van der Waals surface area contributed by atoms with Crippen molar-refractivity contribution in [3.8, 4) is 5.75 Å². The second-order valence-electron chi connectivity index (χ2n) is 7.74. The summed E-state index contributed by atoms with van der Waals surface area (Å²) in [5.74, 6) is 0.768. The summed E-state index contributed by atoms with van der Waals surface area (Å²) in [5, 5.41) is 3.00. The molecule has 0 spiro atoms. The van der Waals surface area contributed by atoms with E-state index in [1.54, 1.807) is 18.0 Å². The topological polar surface area (TPSA) is 58.6 Å². The summed E-state index contributed by atoms with van der Waals surface area (Å²) in [6, 6.07) is 24.8. The molecule has 0 bridgehead atoms. The van der Waals surface area contributed by atoms with Crippen LogP contribution in [-0.2, 0) is 17.9 Å². The molecule has 0 radical (unpaired) electrons. The van der Waals surface area contributed by atoms with Crippen LogP contribution in [0.1, 0.15) is 34.3 Å². The van der Waals surface area contributed by atoms with Crippen molar-refractivity contribution < 1.29 is 14.3 Å². The molecule has 5 nitrogen and oxygen atoms in total. The summed E-state index contributed by atoms with van der Waals surface area (Å²) < 4.78 is 5.87. The van der Waals surface area contributed by atoms with Crippen LogP contribution < -0.4 is 15.0 Å². The van der Waals surface area contributed by atoms with Crippen LogP contribution >= 0.6 is 0 Å². The summed E-state index contributed by atoms with van der Waals surface area (Å²) in [7, 11) is 1.74. The monoisotopic (exact) mass is 414 g/mol. The molecule has 31 heavy (non-hydrogen) atoms. The van der Waals surface area contributed by atoms with Crippen LogP contribution in [0.4, 0.5) is 5.69 Å². The minimum Gasteiger partial charge on any atom is -0.489 e. The van der Waals surface area contributed by atoms with E-state index in [0.29, 0.717) is 24.4 Å². The van der Waals surface area contributed by atoms with E-state index < -0.39 is 0 Å². The van der Waals surface area contributed by atoms with Gasteiger partial charge < -0.3 is 15.0 Å². The zero-order chi connectivity index (χ0) is 21.6. The van der Waals surface area contributed by atoms with Crippen molar-refractivity contribution in [1.82, 2.24) is 5.32 Å². The molecule has 0 aromatic heterocycles. The molecule has 4 rings (SSSR count). The number of amides is 2. The number of para-hydroxylation sites is 2. The maximum absolute atomic E-state index is 13.0. The lowest BCUT2D eigenvalue weighted by molar-refractivity contribution is -0.119. The predicted octanol–water partition coefficient (Wildman–Crippen LogP) is 4.57. The minimum atomic E-state index is -0.204. The van der Waals surface area contributed by atoms with Crippen molar-refractivity contribution in [2.24, 2.45) is 5.92 Å². The first-order valence-corrected chi connectivity index (χ1v) is 10.5. The average molecular weight is 415 g/mol. The molecule has 1 fully saturated rings. The number of ether oxygens (including phenoxy) is 1. The Bertz CT molecular complexity index is 1060. The third kappa shape index (κ3) is 5.12. The van der Waals surface area contributed by atoms with Gasteiger partial charge in [-0.3, -0.25) is 9.59 Å². The number of hydrogen-bond donors (Lipinski definition) is 1. The second kappa shape index (κ2) is 9.47. The Morgan fingerprint density at radius 1 is 0.903 bits per heavy atom. The van der Waals surface area contributed by atoms with Crippen LogP contribution in [0.2, 0.25) is 0 Å². The van der Waals surface area contributed by atoms with E-state index in [-0.39, 0.29) is 17.7 Å². The molecule has 1 aliphatic carbocycles. The molecule has 1 saturated carbocycles. The number of rotatable bonds is 8. The average Bonchev–Trinajstić information content (AvgIpc) is 3.67. The fourth-order valence-corrected chi connectivity index (χ4v) is 3.50. The Kier molecular flexibility index (Phi) is 6.32. The van der Waals surface area contributed by atoms with Crippen LogP contribution in [0.15, 0.2) is 78.9 Å². The molecule has 0 aliphatic heterocycles. The zero-order valence-corrected chi connectivity index (χ0v) is 17.6. The van der Waals surface area contributed by atoms with Gasteiger partial charge in [-0.05, 0) is 48.2 Å². The van der Waals surface area contributed by atoms with E-state index >= 15 is 0 Å². The quantitative estimate of drug-likeness (QED) is 0.587. The zero-order valence-electron chi connectivity index (χ0n) is 17.6. The highest BCUT2D eigenvalue weighted by Crippen LogP contribution is 2.33. The molecule has 3 aromatic carbocycles. The van der Waals surface area contributed by atoms with E-state index in [1.807, 2.05) is 72.8 Å². The highest BCUT2D eigenvalue weighted by atomic mass is 16.5. The van der Waals surface area contributed by atoms with Crippen molar-refractivity contribution >= 4 is 17.5 Å². The molecule has 0 saturated heterocycles. The maximum atomic E-state index is 13.0. The van der Waals surface area contributed by atoms with E-state index in [0.717, 1.165) is 29.7 Å². The first kappa shape index (κ1) is 20.7. The van der Waals surface area contributed by atoms with Gasteiger partial charge >= 0.3 is 0 Å². The Hall–Kier alpha value is -3.60. The number of nitrogens with zero attached hydrogens (tertiary/aromatic N) is 1. The fourth-order valence-electron chi connectivity index (χ4n) is 3.50. The van der Waals surface area contributed by atoms with Gasteiger partial charge in [0.2, 0.25) is 5.91 Å². The first-order valence-electron chi connectivity index (χ1n) is 10.5. The van der Waals surface area contributed by atoms with E-state index in [1.165, 1.54) is 0 Å². The lowest BCUT2D eigenvalue weighted by atomic mass is 10.1. The van der Waals surface area contributed by atoms with Gasteiger partial charge in [0.05, 0.1) is 11.3 Å². The van der Waals surface area contributed by atoms with Crippen molar-refractivity contribution in [2.45, 2.75) is 26.0 Å². The van der Waals surface area contributed by atoms with Crippen LogP contribution in [0.3, 0.4) is 0 Å². The number of hydrogen-bond acceptors (Lipinski definition) is 3. The first-order chi connectivity index (χ1) is 15.1. The van der Waals surface area contributed by atoms with Crippen LogP contribution in [0, 0.1) is 5.92 Å². The van der Waals surface area contributed by atoms with Gasteiger partial charge in [-0.25, -0.2) is 0 Å². The molecule has 5 heteroatoms. The Labute approximate surface area is 182 Å². The molecule has 1 aliphatic rings. The van der Waals surface area contributed by atoms with Crippen molar-refractivity contribution in [3.63, 3.8) is 0 Å². The largest absolute Gasteiger partial charge is 0.489 e. The fraction of sp³-hybridized carbons (Fsp3) is 0.231. The van der Waals surface area contributed by atoms with Gasteiger partial charge in [-0.15, -0.1) is 0 Å². The van der Waals surface area contributed by atoms with E-state index in [9.17, 15) is 9.59 Å². The third-order valence-corrected chi connectivity index (χ3v) is 5.46. The predicted molar refractivity (Wildman–Crippen MR) is 121 cm³/mol. The van der Waals surface area contributed by atoms with Crippen LogP contribution in [0.5, 0.6) is 5.75 Å². The summed E-state index contributed by atoms with van der Waals surface area (Å²) in [5.41, 5.74) is 3.14. The molecule has 0 atom stereocenters. The molecule has 1 N–H and O–H groups in total. The summed E-state index contributed by atoms with van der Waals surface area (Å²) in [4.78, 5) is 27.0. The van der Waals surface area contributed by atoms with Crippen LogP contribution in [-0.4, -0.2) is 18.9 Å². The van der Waals surface area contributed by atoms with Gasteiger partial charge in [0.25, 0.3) is 5.91 Å². The van der Waals surface area contributed by atoms with Gasteiger partial charge in [-0.2, -0.15) is 0 Å². The molecule has 3 aromatic rings. The van der Waals surface area contributed by atoms with Gasteiger partial charge in [-0.1, -0.05) is 54.6 Å². The number of nitrogens with one attached hydrogen (secondary N) is 1.